The first-order valence-electron chi connectivity index (χ1n) is 11.2. The molecular formula is C24H34N4O2S. The van der Waals surface area contributed by atoms with Crippen LogP contribution in [-0.4, -0.2) is 57.8 Å². The van der Waals surface area contributed by atoms with Crippen LogP contribution in [0, 0.1) is 0 Å². The Bertz CT molecular complexity index is 911. The summed E-state index contributed by atoms with van der Waals surface area (Å²) in [6, 6.07) is 19.4. The highest BCUT2D eigenvalue weighted by Crippen LogP contribution is 2.25. The molecule has 0 bridgehead atoms. The predicted octanol–water partition coefficient (Wildman–Crippen LogP) is 3.24. The Labute approximate surface area is 186 Å². The fourth-order valence-electron chi connectivity index (χ4n) is 3.89. The fourth-order valence-corrected chi connectivity index (χ4v) is 5.23. The predicted molar refractivity (Wildman–Crippen MR) is 127 cm³/mol. The highest BCUT2D eigenvalue weighted by atomic mass is 32.2. The summed E-state index contributed by atoms with van der Waals surface area (Å²) >= 11 is 0. The molecule has 0 spiro atoms. The third kappa shape index (κ3) is 7.08. The van der Waals surface area contributed by atoms with Crippen LogP contribution < -0.4 is 10.6 Å². The van der Waals surface area contributed by atoms with Crippen LogP contribution in [0.4, 0.5) is 0 Å². The zero-order valence-corrected chi connectivity index (χ0v) is 19.2. The molecule has 2 aromatic rings. The SMILES string of the molecule is CCNC(=NCC(c1ccccc1)N1CCCC1)NCCCS(=O)(=O)c1ccccc1. The molecule has 1 fully saturated rings. The molecule has 7 heteroatoms. The molecule has 31 heavy (non-hydrogen) atoms. The molecule has 168 valence electrons. The van der Waals surface area contributed by atoms with Crippen molar-refractivity contribution in [2.45, 2.75) is 37.1 Å². The quantitative estimate of drug-likeness (QED) is 0.336. The van der Waals surface area contributed by atoms with Gasteiger partial charge in [0, 0.05) is 13.1 Å². The van der Waals surface area contributed by atoms with Gasteiger partial charge < -0.3 is 10.6 Å². The van der Waals surface area contributed by atoms with Crippen LogP contribution in [0.15, 0.2) is 70.6 Å². The van der Waals surface area contributed by atoms with Gasteiger partial charge in [-0.2, -0.15) is 0 Å². The van der Waals surface area contributed by atoms with Crippen LogP contribution in [0.5, 0.6) is 0 Å². The van der Waals surface area contributed by atoms with Gasteiger partial charge >= 0.3 is 0 Å². The van der Waals surface area contributed by atoms with Gasteiger partial charge in [-0.15, -0.1) is 0 Å². The average Bonchev–Trinajstić information content (AvgIpc) is 3.33. The largest absolute Gasteiger partial charge is 0.357 e. The number of sulfone groups is 1. The van der Waals surface area contributed by atoms with E-state index in [4.69, 9.17) is 4.99 Å². The third-order valence-corrected chi connectivity index (χ3v) is 7.33. The van der Waals surface area contributed by atoms with E-state index in [1.807, 2.05) is 19.1 Å². The fraction of sp³-hybridized carbons (Fsp3) is 0.458. The minimum Gasteiger partial charge on any atom is -0.357 e. The van der Waals surface area contributed by atoms with Crippen LogP contribution in [0.2, 0.25) is 0 Å². The van der Waals surface area contributed by atoms with Crippen LogP contribution in [0.1, 0.15) is 37.8 Å². The van der Waals surface area contributed by atoms with Crippen LogP contribution >= 0.6 is 0 Å². The summed E-state index contributed by atoms with van der Waals surface area (Å²) in [7, 11) is -3.25. The first kappa shape index (κ1) is 23.3. The van der Waals surface area contributed by atoms with Crippen molar-refractivity contribution in [3.63, 3.8) is 0 Å². The first-order valence-corrected chi connectivity index (χ1v) is 12.8. The van der Waals surface area contributed by atoms with Crippen molar-refractivity contribution < 1.29 is 8.42 Å². The number of guanidine groups is 1. The second-order valence-corrected chi connectivity index (χ2v) is 9.91. The summed E-state index contributed by atoms with van der Waals surface area (Å²) < 4.78 is 24.9. The van der Waals surface area contributed by atoms with Crippen LogP contribution in [0.3, 0.4) is 0 Å². The van der Waals surface area contributed by atoms with E-state index in [1.165, 1.54) is 18.4 Å². The highest BCUT2D eigenvalue weighted by Gasteiger charge is 2.23. The monoisotopic (exact) mass is 442 g/mol. The van der Waals surface area contributed by atoms with E-state index in [-0.39, 0.29) is 11.8 Å². The molecule has 0 saturated carbocycles. The van der Waals surface area contributed by atoms with Gasteiger partial charge in [0.1, 0.15) is 0 Å². The molecular weight excluding hydrogens is 408 g/mol. The Morgan fingerprint density at radius 2 is 1.65 bits per heavy atom. The van der Waals surface area contributed by atoms with E-state index in [0.717, 1.165) is 25.6 Å². The maximum atomic E-state index is 12.4. The minimum atomic E-state index is -3.25. The molecule has 0 amide bonds. The molecule has 1 saturated heterocycles. The zero-order valence-electron chi connectivity index (χ0n) is 18.3. The molecule has 2 N–H and O–H groups in total. The number of hydrogen-bond acceptors (Lipinski definition) is 4. The number of nitrogens with zero attached hydrogens (tertiary/aromatic N) is 2. The number of benzene rings is 2. The molecule has 0 aliphatic carbocycles. The molecule has 0 radical (unpaired) electrons. The smallest absolute Gasteiger partial charge is 0.191 e. The maximum absolute atomic E-state index is 12.4. The molecule has 1 unspecified atom stereocenters. The van der Waals surface area contributed by atoms with Crippen molar-refractivity contribution in [2.75, 3.05) is 38.5 Å². The number of likely N-dealkylation sites (tertiary alicyclic amines) is 1. The number of hydrogen-bond donors (Lipinski definition) is 2. The van der Waals surface area contributed by atoms with E-state index in [9.17, 15) is 8.42 Å². The normalized spacial score (nSPS) is 16.2. The molecule has 1 heterocycles. The van der Waals surface area contributed by atoms with Crippen LogP contribution in [-0.2, 0) is 9.84 Å². The van der Waals surface area contributed by atoms with Gasteiger partial charge in [0.2, 0.25) is 0 Å². The molecule has 1 aliphatic rings. The van der Waals surface area contributed by atoms with Crippen molar-refractivity contribution >= 4 is 15.8 Å². The summed E-state index contributed by atoms with van der Waals surface area (Å²) in [4.78, 5) is 7.72. The minimum absolute atomic E-state index is 0.115. The summed E-state index contributed by atoms with van der Waals surface area (Å²) in [5.41, 5.74) is 1.29. The van der Waals surface area contributed by atoms with E-state index >= 15 is 0 Å². The Morgan fingerprint density at radius 3 is 2.29 bits per heavy atom. The van der Waals surface area contributed by atoms with Crippen molar-refractivity contribution in [3.05, 3.63) is 66.2 Å². The number of rotatable bonds is 10. The lowest BCUT2D eigenvalue weighted by atomic mass is 10.1. The molecule has 2 aromatic carbocycles. The Kier molecular flexibility index (Phi) is 8.91. The second-order valence-electron chi connectivity index (χ2n) is 7.80. The van der Waals surface area contributed by atoms with Gasteiger partial charge in [-0.3, -0.25) is 9.89 Å². The standard InChI is InChI=1S/C24H34N4O2S/c1-2-25-24(26-16-11-19-31(29,30)22-14-7-4-8-15-22)27-20-23(28-17-9-10-18-28)21-12-5-3-6-13-21/h3-8,12-15,23H,2,9-11,16-20H2,1H3,(H2,25,26,27). The lowest BCUT2D eigenvalue weighted by Crippen LogP contribution is -2.39. The van der Waals surface area contributed by atoms with E-state index in [0.29, 0.717) is 24.4 Å². The molecule has 1 atom stereocenters. The van der Waals surface area contributed by atoms with Crippen LogP contribution in [0.25, 0.3) is 0 Å². The topological polar surface area (TPSA) is 73.8 Å². The van der Waals surface area contributed by atoms with E-state index < -0.39 is 9.84 Å². The lowest BCUT2D eigenvalue weighted by molar-refractivity contribution is 0.251. The molecule has 3 rings (SSSR count). The Hall–Kier alpha value is -2.38. The van der Waals surface area contributed by atoms with Crippen molar-refractivity contribution in [2.24, 2.45) is 4.99 Å². The summed E-state index contributed by atoms with van der Waals surface area (Å²) in [5, 5.41) is 6.58. The van der Waals surface area contributed by atoms with Crippen molar-refractivity contribution in [1.82, 2.24) is 15.5 Å². The highest BCUT2D eigenvalue weighted by molar-refractivity contribution is 7.91. The van der Waals surface area contributed by atoms with Gasteiger partial charge in [0.25, 0.3) is 0 Å². The third-order valence-electron chi connectivity index (χ3n) is 5.52. The van der Waals surface area contributed by atoms with Gasteiger partial charge in [-0.05, 0) is 57.0 Å². The van der Waals surface area contributed by atoms with Crippen molar-refractivity contribution in [3.8, 4) is 0 Å². The van der Waals surface area contributed by atoms with Gasteiger partial charge in [0.15, 0.2) is 15.8 Å². The Morgan fingerprint density at radius 1 is 1.00 bits per heavy atom. The molecule has 0 aromatic heterocycles. The number of aliphatic imine (C=N–C) groups is 1. The van der Waals surface area contributed by atoms with E-state index in [2.05, 4.69) is 39.8 Å². The second kappa shape index (κ2) is 11.9. The van der Waals surface area contributed by atoms with E-state index in [1.54, 1.807) is 24.3 Å². The van der Waals surface area contributed by atoms with Gasteiger partial charge in [0.05, 0.1) is 23.2 Å². The maximum Gasteiger partial charge on any atom is 0.191 e. The lowest BCUT2D eigenvalue weighted by Gasteiger charge is -2.27. The zero-order chi connectivity index (χ0) is 21.9. The van der Waals surface area contributed by atoms with Gasteiger partial charge in [-0.1, -0.05) is 48.5 Å². The summed E-state index contributed by atoms with van der Waals surface area (Å²) in [5.74, 6) is 0.851. The van der Waals surface area contributed by atoms with Crippen molar-refractivity contribution in [1.29, 1.82) is 0 Å². The summed E-state index contributed by atoms with van der Waals surface area (Å²) in [6.45, 7) is 6.23. The average molecular weight is 443 g/mol. The first-order chi connectivity index (χ1) is 15.1. The molecule has 6 nitrogen and oxygen atoms in total. The molecule has 1 aliphatic heterocycles. The van der Waals surface area contributed by atoms with Gasteiger partial charge in [-0.25, -0.2) is 8.42 Å². The number of nitrogens with one attached hydrogen (secondary N) is 2. The Balaban J connectivity index is 1.57. The summed E-state index contributed by atoms with van der Waals surface area (Å²) in [6.07, 6.45) is 3.00.